The third kappa shape index (κ3) is 2.54. The van der Waals surface area contributed by atoms with Gasteiger partial charge in [-0.05, 0) is 27.6 Å². The predicted molar refractivity (Wildman–Crippen MR) is 50.7 cm³/mol. The number of halogens is 2. The molecule has 1 rings (SSSR count). The van der Waals surface area contributed by atoms with Gasteiger partial charge >= 0.3 is 0 Å². The van der Waals surface area contributed by atoms with E-state index in [4.69, 9.17) is 0 Å². The lowest BCUT2D eigenvalue weighted by Gasteiger charge is -2.05. The van der Waals surface area contributed by atoms with Crippen molar-refractivity contribution in [1.82, 2.24) is 4.98 Å². The summed E-state index contributed by atoms with van der Waals surface area (Å²) in [6, 6.07) is 3.64. The summed E-state index contributed by atoms with van der Waals surface area (Å²) in [5, 5.41) is 9.86. The van der Waals surface area contributed by atoms with Crippen LogP contribution in [0.15, 0.2) is 22.9 Å². The average molecular weight is 281 g/mol. The topological polar surface area (TPSA) is 33.1 Å². The molecular formula is C7H7Br2NO. The summed E-state index contributed by atoms with van der Waals surface area (Å²) >= 11 is 6.39. The standard InChI is InChI=1S/C7H7Br2NO/c8-3-6(11)5-1-2-7(9)10-4-5/h1-2,4,6,11H,3H2. The maximum Gasteiger partial charge on any atom is 0.106 e. The van der Waals surface area contributed by atoms with Gasteiger partial charge in [-0.15, -0.1) is 0 Å². The van der Waals surface area contributed by atoms with Crippen molar-refractivity contribution < 1.29 is 5.11 Å². The summed E-state index contributed by atoms with van der Waals surface area (Å²) in [4.78, 5) is 3.98. The van der Waals surface area contributed by atoms with E-state index in [0.29, 0.717) is 5.33 Å². The summed E-state index contributed by atoms with van der Waals surface area (Å²) in [5.74, 6) is 0. The number of nitrogens with zero attached hydrogens (tertiary/aromatic N) is 1. The number of rotatable bonds is 2. The summed E-state index contributed by atoms with van der Waals surface area (Å²) in [5.41, 5.74) is 0.824. The van der Waals surface area contributed by atoms with Crippen LogP contribution in [0.25, 0.3) is 0 Å². The van der Waals surface area contributed by atoms with Crippen LogP contribution in [-0.2, 0) is 0 Å². The largest absolute Gasteiger partial charge is 0.387 e. The van der Waals surface area contributed by atoms with Crippen LogP contribution < -0.4 is 0 Å². The second-order valence-corrected chi connectivity index (χ2v) is 3.54. The molecule has 0 amide bonds. The number of hydrogen-bond acceptors (Lipinski definition) is 2. The van der Waals surface area contributed by atoms with Crippen LogP contribution in [0, 0.1) is 0 Å². The minimum atomic E-state index is -0.462. The van der Waals surface area contributed by atoms with E-state index in [0.717, 1.165) is 10.2 Å². The minimum Gasteiger partial charge on any atom is -0.387 e. The maximum atomic E-state index is 9.32. The third-order valence-corrected chi connectivity index (χ3v) is 2.36. The second kappa shape index (κ2) is 4.18. The fraction of sp³-hybridized carbons (Fsp3) is 0.286. The molecule has 0 aliphatic carbocycles. The van der Waals surface area contributed by atoms with Gasteiger partial charge in [-0.2, -0.15) is 0 Å². The van der Waals surface area contributed by atoms with Crippen LogP contribution in [0.4, 0.5) is 0 Å². The van der Waals surface area contributed by atoms with E-state index >= 15 is 0 Å². The van der Waals surface area contributed by atoms with Crippen LogP contribution in [-0.4, -0.2) is 15.4 Å². The smallest absolute Gasteiger partial charge is 0.106 e. The van der Waals surface area contributed by atoms with Gasteiger partial charge in [-0.3, -0.25) is 0 Å². The molecule has 0 radical (unpaired) electrons. The van der Waals surface area contributed by atoms with Crippen molar-refractivity contribution in [2.75, 3.05) is 5.33 Å². The Balaban J connectivity index is 2.81. The van der Waals surface area contributed by atoms with Crippen molar-refractivity contribution in [3.63, 3.8) is 0 Å². The van der Waals surface area contributed by atoms with E-state index < -0.39 is 6.10 Å². The van der Waals surface area contributed by atoms with Crippen LogP contribution >= 0.6 is 31.9 Å². The first-order valence-corrected chi connectivity index (χ1v) is 5.01. The summed E-state index contributed by atoms with van der Waals surface area (Å²) < 4.78 is 0.781. The van der Waals surface area contributed by atoms with Gasteiger partial charge in [0.2, 0.25) is 0 Å². The fourth-order valence-corrected chi connectivity index (χ4v) is 1.28. The molecule has 2 nitrogen and oxygen atoms in total. The van der Waals surface area contributed by atoms with Gasteiger partial charge < -0.3 is 5.11 Å². The molecule has 0 aromatic carbocycles. The number of aromatic nitrogens is 1. The van der Waals surface area contributed by atoms with Crippen molar-refractivity contribution in [3.05, 3.63) is 28.5 Å². The third-order valence-electron chi connectivity index (χ3n) is 1.28. The Morgan fingerprint density at radius 2 is 2.27 bits per heavy atom. The Morgan fingerprint density at radius 1 is 1.55 bits per heavy atom. The van der Waals surface area contributed by atoms with Crippen LogP contribution in [0.1, 0.15) is 11.7 Å². The number of aliphatic hydroxyl groups is 1. The van der Waals surface area contributed by atoms with Crippen LogP contribution in [0.5, 0.6) is 0 Å². The van der Waals surface area contributed by atoms with Crippen molar-refractivity contribution >= 4 is 31.9 Å². The van der Waals surface area contributed by atoms with Crippen molar-refractivity contribution in [2.45, 2.75) is 6.10 Å². The zero-order valence-corrected chi connectivity index (χ0v) is 8.84. The summed E-state index contributed by atoms with van der Waals surface area (Å²) in [6.07, 6.45) is 1.19. The highest BCUT2D eigenvalue weighted by Gasteiger charge is 2.04. The fourth-order valence-electron chi connectivity index (χ4n) is 0.673. The summed E-state index contributed by atoms with van der Waals surface area (Å²) in [7, 11) is 0. The minimum absolute atomic E-state index is 0.462. The molecule has 1 atom stereocenters. The van der Waals surface area contributed by atoms with Gasteiger partial charge in [-0.25, -0.2) is 4.98 Å². The van der Waals surface area contributed by atoms with Gasteiger partial charge in [0.15, 0.2) is 0 Å². The Morgan fingerprint density at radius 3 is 2.73 bits per heavy atom. The maximum absolute atomic E-state index is 9.32. The van der Waals surface area contributed by atoms with E-state index in [2.05, 4.69) is 36.8 Å². The highest BCUT2D eigenvalue weighted by Crippen LogP contribution is 2.15. The molecule has 0 saturated carbocycles. The first-order valence-electron chi connectivity index (χ1n) is 3.09. The molecule has 0 spiro atoms. The Labute approximate surface area is 81.9 Å². The lowest BCUT2D eigenvalue weighted by atomic mass is 10.2. The SMILES string of the molecule is OC(CBr)c1ccc(Br)nc1. The van der Waals surface area contributed by atoms with Crippen LogP contribution in [0.3, 0.4) is 0 Å². The molecule has 4 heteroatoms. The van der Waals surface area contributed by atoms with E-state index in [1.54, 1.807) is 12.3 Å². The van der Waals surface area contributed by atoms with E-state index in [1.165, 1.54) is 0 Å². The van der Waals surface area contributed by atoms with Crippen molar-refractivity contribution in [2.24, 2.45) is 0 Å². The van der Waals surface area contributed by atoms with Crippen molar-refractivity contribution in [1.29, 1.82) is 0 Å². The lowest BCUT2D eigenvalue weighted by Crippen LogP contribution is -1.98. The Kier molecular flexibility index (Phi) is 3.48. The normalized spacial score (nSPS) is 13.0. The molecular weight excluding hydrogens is 274 g/mol. The zero-order chi connectivity index (χ0) is 8.27. The van der Waals surface area contributed by atoms with Gasteiger partial charge in [-0.1, -0.05) is 22.0 Å². The quantitative estimate of drug-likeness (QED) is 0.666. The van der Waals surface area contributed by atoms with Crippen LogP contribution in [0.2, 0.25) is 0 Å². The first kappa shape index (κ1) is 9.16. The first-order chi connectivity index (χ1) is 5.24. The van der Waals surface area contributed by atoms with Gasteiger partial charge in [0.25, 0.3) is 0 Å². The van der Waals surface area contributed by atoms with Gasteiger partial charge in [0, 0.05) is 11.5 Å². The summed E-state index contributed by atoms with van der Waals surface area (Å²) in [6.45, 7) is 0. The molecule has 60 valence electrons. The highest BCUT2D eigenvalue weighted by atomic mass is 79.9. The van der Waals surface area contributed by atoms with Crippen molar-refractivity contribution in [3.8, 4) is 0 Å². The number of pyridine rings is 1. The molecule has 0 aliphatic heterocycles. The molecule has 0 aliphatic rings. The second-order valence-electron chi connectivity index (χ2n) is 2.08. The molecule has 0 bridgehead atoms. The van der Waals surface area contributed by atoms with Gasteiger partial charge in [0.1, 0.15) is 4.60 Å². The zero-order valence-electron chi connectivity index (χ0n) is 5.67. The number of aliphatic hydroxyl groups excluding tert-OH is 1. The number of hydrogen-bond donors (Lipinski definition) is 1. The molecule has 11 heavy (non-hydrogen) atoms. The molecule has 1 aromatic rings. The number of alkyl halides is 1. The monoisotopic (exact) mass is 279 g/mol. The average Bonchev–Trinajstić information content (AvgIpc) is 2.05. The Hall–Kier alpha value is 0.0700. The van der Waals surface area contributed by atoms with E-state index in [-0.39, 0.29) is 0 Å². The molecule has 1 aromatic heterocycles. The lowest BCUT2D eigenvalue weighted by molar-refractivity contribution is 0.205. The molecule has 0 fully saturated rings. The molecule has 1 unspecified atom stereocenters. The van der Waals surface area contributed by atoms with E-state index in [9.17, 15) is 5.11 Å². The molecule has 1 N–H and O–H groups in total. The predicted octanol–water partition coefficient (Wildman–Crippen LogP) is 2.27. The molecule has 1 heterocycles. The van der Waals surface area contributed by atoms with Gasteiger partial charge in [0.05, 0.1) is 6.10 Å². The Bertz CT molecular complexity index is 224. The van der Waals surface area contributed by atoms with E-state index in [1.807, 2.05) is 6.07 Å². The molecule has 0 saturated heterocycles. The highest BCUT2D eigenvalue weighted by molar-refractivity contribution is 9.10.